The van der Waals surface area contributed by atoms with Gasteiger partial charge >= 0.3 is 0 Å². The van der Waals surface area contributed by atoms with E-state index in [0.717, 1.165) is 24.1 Å². The second kappa shape index (κ2) is 11.1. The van der Waals surface area contributed by atoms with Gasteiger partial charge in [0.05, 0.1) is 6.10 Å². The van der Waals surface area contributed by atoms with Gasteiger partial charge in [-0.25, -0.2) is 5.48 Å². The number of hydroxylamine groups is 1. The van der Waals surface area contributed by atoms with Crippen LogP contribution in [0.5, 0.6) is 0 Å². The molecular formula is C24H32N2O3. The summed E-state index contributed by atoms with van der Waals surface area (Å²) in [6, 6.07) is 16.8. The average Bonchev–Trinajstić information content (AvgIpc) is 2.77. The Labute approximate surface area is 173 Å². The van der Waals surface area contributed by atoms with Crippen LogP contribution in [0.1, 0.15) is 62.2 Å². The van der Waals surface area contributed by atoms with E-state index >= 15 is 0 Å². The first-order chi connectivity index (χ1) is 14.2. The second-order valence-corrected chi connectivity index (χ2v) is 7.95. The third-order valence-corrected chi connectivity index (χ3v) is 5.69. The molecule has 5 heteroatoms. The first kappa shape index (κ1) is 21.5. The van der Waals surface area contributed by atoms with Crippen LogP contribution in [0.2, 0.25) is 0 Å². The molecule has 156 valence electrons. The maximum absolute atomic E-state index is 11.0. The van der Waals surface area contributed by atoms with Crippen molar-refractivity contribution < 1.29 is 15.1 Å². The van der Waals surface area contributed by atoms with E-state index in [1.165, 1.54) is 43.5 Å². The minimum absolute atomic E-state index is 0.274. The predicted octanol–water partition coefficient (Wildman–Crippen LogP) is 4.44. The summed E-state index contributed by atoms with van der Waals surface area (Å²) >= 11 is 0. The molecule has 0 bridgehead atoms. The molecule has 3 rings (SSSR count). The van der Waals surface area contributed by atoms with E-state index in [-0.39, 0.29) is 12.3 Å². The van der Waals surface area contributed by atoms with Gasteiger partial charge in [0, 0.05) is 13.0 Å². The van der Waals surface area contributed by atoms with Gasteiger partial charge in [-0.15, -0.1) is 0 Å². The smallest absolute Gasteiger partial charge is 0.243 e. The Morgan fingerprint density at radius 3 is 2.17 bits per heavy atom. The normalized spacial score (nSPS) is 15.8. The van der Waals surface area contributed by atoms with Gasteiger partial charge in [0.2, 0.25) is 5.91 Å². The van der Waals surface area contributed by atoms with Gasteiger partial charge in [-0.1, -0.05) is 61.4 Å². The van der Waals surface area contributed by atoms with E-state index in [2.05, 4.69) is 41.3 Å². The van der Waals surface area contributed by atoms with Crippen LogP contribution in [0.25, 0.3) is 11.1 Å². The number of likely N-dealkylation sites (tertiary alicyclic amines) is 1. The molecule has 2 aromatic carbocycles. The molecule has 1 saturated heterocycles. The standard InChI is InChI=1S/C24H32N2O3/c27-23(6-2-3-7-24(28)25-29)22-14-12-21(13-15-22)20-10-8-19(9-11-20)18-26-16-4-1-5-17-26/h8-15,23,27,29H,1-7,16-18H2,(H,25,28)/t23-/m1/s1. The van der Waals surface area contributed by atoms with E-state index in [4.69, 9.17) is 5.21 Å². The highest BCUT2D eigenvalue weighted by atomic mass is 16.5. The van der Waals surface area contributed by atoms with Crippen molar-refractivity contribution in [2.75, 3.05) is 13.1 Å². The highest BCUT2D eigenvalue weighted by Crippen LogP contribution is 2.25. The molecule has 0 aromatic heterocycles. The molecule has 3 N–H and O–H groups in total. The summed E-state index contributed by atoms with van der Waals surface area (Å²) in [7, 11) is 0. The molecule has 0 saturated carbocycles. The van der Waals surface area contributed by atoms with Gasteiger partial charge in [0.1, 0.15) is 0 Å². The van der Waals surface area contributed by atoms with Gasteiger partial charge < -0.3 is 5.11 Å². The summed E-state index contributed by atoms with van der Waals surface area (Å²) in [5, 5.41) is 18.8. The molecular weight excluding hydrogens is 364 g/mol. The molecule has 29 heavy (non-hydrogen) atoms. The van der Waals surface area contributed by atoms with Crippen LogP contribution in [-0.4, -0.2) is 34.2 Å². The number of aliphatic hydroxyl groups excluding tert-OH is 1. The highest BCUT2D eigenvalue weighted by Gasteiger charge is 2.11. The Kier molecular flexibility index (Phi) is 8.23. The SMILES string of the molecule is O=C(CCCC[C@@H](O)c1ccc(-c2ccc(CN3CCCCC3)cc2)cc1)NO. The summed E-state index contributed by atoms with van der Waals surface area (Å²) in [5.74, 6) is -0.384. The maximum Gasteiger partial charge on any atom is 0.243 e. The first-order valence-electron chi connectivity index (χ1n) is 10.7. The zero-order valence-corrected chi connectivity index (χ0v) is 17.0. The topological polar surface area (TPSA) is 72.8 Å². The van der Waals surface area contributed by atoms with E-state index in [1.54, 1.807) is 5.48 Å². The Hall–Kier alpha value is -2.21. The quantitative estimate of drug-likeness (QED) is 0.333. The molecule has 0 radical (unpaired) electrons. The van der Waals surface area contributed by atoms with Gasteiger partial charge in [-0.3, -0.25) is 14.9 Å². The number of benzene rings is 2. The minimum atomic E-state index is -0.534. The number of amides is 1. The maximum atomic E-state index is 11.0. The minimum Gasteiger partial charge on any atom is -0.388 e. The fourth-order valence-corrected chi connectivity index (χ4v) is 3.92. The monoisotopic (exact) mass is 396 g/mol. The first-order valence-corrected chi connectivity index (χ1v) is 10.7. The van der Waals surface area contributed by atoms with Crippen LogP contribution in [0.15, 0.2) is 48.5 Å². The lowest BCUT2D eigenvalue weighted by Gasteiger charge is -2.26. The molecule has 1 aliphatic heterocycles. The predicted molar refractivity (Wildman–Crippen MR) is 114 cm³/mol. The number of hydrogen-bond acceptors (Lipinski definition) is 4. The highest BCUT2D eigenvalue weighted by molar-refractivity contribution is 5.74. The molecule has 1 atom stereocenters. The third-order valence-electron chi connectivity index (χ3n) is 5.69. The lowest BCUT2D eigenvalue weighted by atomic mass is 9.98. The molecule has 1 fully saturated rings. The van der Waals surface area contributed by atoms with Crippen molar-refractivity contribution in [2.24, 2.45) is 0 Å². The van der Waals surface area contributed by atoms with E-state index in [9.17, 15) is 9.90 Å². The number of hydrogen-bond donors (Lipinski definition) is 3. The van der Waals surface area contributed by atoms with Crippen molar-refractivity contribution in [2.45, 2.75) is 57.6 Å². The van der Waals surface area contributed by atoms with Crippen molar-refractivity contribution >= 4 is 5.91 Å². The van der Waals surface area contributed by atoms with Crippen LogP contribution in [0, 0.1) is 0 Å². The van der Waals surface area contributed by atoms with Crippen LogP contribution in [0.4, 0.5) is 0 Å². The second-order valence-electron chi connectivity index (χ2n) is 7.95. The lowest BCUT2D eigenvalue weighted by Crippen LogP contribution is -2.28. The molecule has 5 nitrogen and oxygen atoms in total. The van der Waals surface area contributed by atoms with Crippen LogP contribution in [0.3, 0.4) is 0 Å². The summed E-state index contributed by atoms with van der Waals surface area (Å²) in [6.45, 7) is 3.45. The molecule has 1 aliphatic rings. The molecule has 0 aliphatic carbocycles. The molecule has 2 aromatic rings. The Balaban J connectivity index is 1.50. The van der Waals surface area contributed by atoms with Crippen molar-refractivity contribution in [3.05, 3.63) is 59.7 Å². The zero-order valence-electron chi connectivity index (χ0n) is 17.0. The number of carbonyl (C=O) groups is 1. The van der Waals surface area contributed by atoms with Gasteiger partial charge in [-0.05, 0) is 61.0 Å². The number of unbranched alkanes of at least 4 members (excludes halogenated alkanes) is 1. The van der Waals surface area contributed by atoms with Gasteiger partial charge in [-0.2, -0.15) is 0 Å². The third kappa shape index (κ3) is 6.67. The Morgan fingerprint density at radius 2 is 1.55 bits per heavy atom. The lowest BCUT2D eigenvalue weighted by molar-refractivity contribution is -0.129. The van der Waals surface area contributed by atoms with Gasteiger partial charge in [0.15, 0.2) is 0 Å². The van der Waals surface area contributed by atoms with E-state index in [0.29, 0.717) is 12.8 Å². The van der Waals surface area contributed by atoms with E-state index in [1.807, 2.05) is 12.1 Å². The Bertz CT molecular complexity index is 753. The molecule has 0 spiro atoms. The van der Waals surface area contributed by atoms with Crippen LogP contribution >= 0.6 is 0 Å². The number of rotatable bonds is 9. The average molecular weight is 397 g/mol. The van der Waals surface area contributed by atoms with Gasteiger partial charge in [0.25, 0.3) is 0 Å². The molecule has 0 unspecified atom stereocenters. The van der Waals surface area contributed by atoms with E-state index < -0.39 is 6.10 Å². The fraction of sp³-hybridized carbons (Fsp3) is 0.458. The number of carbonyl (C=O) groups excluding carboxylic acids is 1. The van der Waals surface area contributed by atoms with Crippen molar-refractivity contribution in [1.82, 2.24) is 10.4 Å². The Morgan fingerprint density at radius 1 is 0.931 bits per heavy atom. The zero-order chi connectivity index (χ0) is 20.5. The van der Waals surface area contributed by atoms with Crippen LogP contribution in [-0.2, 0) is 11.3 Å². The van der Waals surface area contributed by atoms with Crippen molar-refractivity contribution in [3.63, 3.8) is 0 Å². The number of piperidine rings is 1. The van der Waals surface area contributed by atoms with Crippen molar-refractivity contribution in [3.8, 4) is 11.1 Å². The summed E-state index contributed by atoms with van der Waals surface area (Å²) in [6.07, 6.45) is 5.70. The fourth-order valence-electron chi connectivity index (χ4n) is 3.92. The van der Waals surface area contributed by atoms with Crippen LogP contribution < -0.4 is 5.48 Å². The number of aliphatic hydroxyl groups is 1. The molecule has 1 amide bonds. The summed E-state index contributed by atoms with van der Waals surface area (Å²) in [5.41, 5.74) is 6.20. The largest absolute Gasteiger partial charge is 0.388 e. The number of nitrogens with one attached hydrogen (secondary N) is 1. The van der Waals surface area contributed by atoms with Crippen molar-refractivity contribution in [1.29, 1.82) is 0 Å². The number of nitrogens with zero attached hydrogens (tertiary/aromatic N) is 1. The summed E-state index contributed by atoms with van der Waals surface area (Å²) < 4.78 is 0. The summed E-state index contributed by atoms with van der Waals surface area (Å²) in [4.78, 5) is 13.5. The molecule has 1 heterocycles.